The minimum absolute atomic E-state index is 0.0421. The van der Waals surface area contributed by atoms with Crippen molar-refractivity contribution in [1.29, 1.82) is 0 Å². The van der Waals surface area contributed by atoms with E-state index in [1.54, 1.807) is 14.0 Å². The minimum Gasteiger partial charge on any atom is -0.388 e. The van der Waals surface area contributed by atoms with E-state index in [1.807, 2.05) is 0 Å². The number of nitrogens with zero attached hydrogens (tertiary/aromatic N) is 2. The molecule has 1 aliphatic heterocycles. The summed E-state index contributed by atoms with van der Waals surface area (Å²) in [7, 11) is -1.40. The summed E-state index contributed by atoms with van der Waals surface area (Å²) in [6, 6.07) is 0. The van der Waals surface area contributed by atoms with E-state index >= 15 is 0 Å². The first-order valence-corrected chi connectivity index (χ1v) is 7.53. The Kier molecular flexibility index (Phi) is 3.00. The number of halogens is 1. The average Bonchev–Trinajstić information content (AvgIpc) is 2.59. The second-order valence-corrected chi connectivity index (χ2v) is 7.26. The maximum absolute atomic E-state index is 11.4. The van der Waals surface area contributed by atoms with Crippen LogP contribution in [0.4, 0.5) is 0 Å². The van der Waals surface area contributed by atoms with Crippen LogP contribution in [0.2, 0.25) is 5.15 Å². The summed E-state index contributed by atoms with van der Waals surface area (Å²) in [4.78, 5) is 0. The van der Waals surface area contributed by atoms with E-state index in [4.69, 9.17) is 11.6 Å². The fraction of sp³-hybridized carbons (Fsp3) is 0.700. The molecule has 1 fully saturated rings. The molecule has 0 aliphatic carbocycles. The van der Waals surface area contributed by atoms with Crippen molar-refractivity contribution in [2.24, 2.45) is 7.05 Å². The monoisotopic (exact) mass is 278 g/mol. The number of aryl methyl sites for hydroxylation is 2. The summed E-state index contributed by atoms with van der Waals surface area (Å²) < 4.78 is 24.3. The van der Waals surface area contributed by atoms with Crippen molar-refractivity contribution in [2.75, 3.05) is 11.5 Å². The van der Waals surface area contributed by atoms with Crippen LogP contribution in [0.25, 0.3) is 0 Å². The molecular formula is C10H15ClN2O3S. The lowest BCUT2D eigenvalue weighted by Gasteiger charge is -2.20. The van der Waals surface area contributed by atoms with Crippen LogP contribution in [0.5, 0.6) is 0 Å². The fourth-order valence-electron chi connectivity index (χ4n) is 2.24. The van der Waals surface area contributed by atoms with Crippen LogP contribution in [-0.4, -0.2) is 40.4 Å². The van der Waals surface area contributed by atoms with Crippen LogP contribution >= 0.6 is 11.6 Å². The molecule has 0 spiro atoms. The number of sulfone groups is 1. The zero-order chi connectivity index (χ0) is 12.8. The molecule has 0 bridgehead atoms. The van der Waals surface area contributed by atoms with Gasteiger partial charge in [0.1, 0.15) is 5.15 Å². The third-order valence-electron chi connectivity index (χ3n) is 3.14. The summed E-state index contributed by atoms with van der Waals surface area (Å²) in [6.07, 6.45) is 0.505. The normalized spacial score (nSPS) is 27.5. The third kappa shape index (κ3) is 2.48. The molecule has 1 unspecified atom stereocenters. The Bertz CT molecular complexity index is 552. The van der Waals surface area contributed by atoms with E-state index in [1.165, 1.54) is 4.68 Å². The van der Waals surface area contributed by atoms with Gasteiger partial charge in [0.2, 0.25) is 0 Å². The number of hydrogen-bond donors (Lipinski definition) is 1. The molecule has 1 aromatic rings. The highest BCUT2D eigenvalue weighted by molar-refractivity contribution is 7.91. The van der Waals surface area contributed by atoms with Gasteiger partial charge >= 0.3 is 0 Å². The van der Waals surface area contributed by atoms with E-state index in [0.29, 0.717) is 5.15 Å². The lowest BCUT2D eigenvalue weighted by atomic mass is 9.94. The van der Waals surface area contributed by atoms with Gasteiger partial charge in [-0.15, -0.1) is 0 Å². The van der Waals surface area contributed by atoms with Crippen LogP contribution in [0.1, 0.15) is 17.7 Å². The number of rotatable bonds is 2. The second-order valence-electron chi connectivity index (χ2n) is 4.72. The predicted octanol–water partition coefficient (Wildman–Crippen LogP) is 0.474. The van der Waals surface area contributed by atoms with E-state index in [2.05, 4.69) is 5.10 Å². The molecule has 17 heavy (non-hydrogen) atoms. The highest BCUT2D eigenvalue weighted by Crippen LogP contribution is 2.31. The van der Waals surface area contributed by atoms with Crippen molar-refractivity contribution >= 4 is 21.4 Å². The van der Waals surface area contributed by atoms with Crippen LogP contribution in [-0.2, 0) is 23.3 Å². The standard InChI is InChI=1S/C10H15ClN2O3S/c1-7-8(9(11)13(2)12-7)5-10(14)3-4-17(15,16)6-10/h14H,3-6H2,1-2H3. The molecule has 2 rings (SSSR count). The molecule has 1 aliphatic rings. The zero-order valence-electron chi connectivity index (χ0n) is 9.77. The van der Waals surface area contributed by atoms with Gasteiger partial charge in [0.15, 0.2) is 9.84 Å². The molecule has 1 saturated heterocycles. The Balaban J connectivity index is 2.27. The molecule has 0 amide bonds. The summed E-state index contributed by atoms with van der Waals surface area (Å²) in [6.45, 7) is 1.80. The molecule has 1 aromatic heterocycles. The highest BCUT2D eigenvalue weighted by atomic mass is 35.5. The third-order valence-corrected chi connectivity index (χ3v) is 5.42. The van der Waals surface area contributed by atoms with Gasteiger partial charge in [0, 0.05) is 19.0 Å². The van der Waals surface area contributed by atoms with E-state index in [0.717, 1.165) is 11.3 Å². The van der Waals surface area contributed by atoms with Crippen LogP contribution in [0, 0.1) is 6.92 Å². The van der Waals surface area contributed by atoms with Gasteiger partial charge in [-0.25, -0.2) is 8.42 Å². The maximum Gasteiger partial charge on any atom is 0.153 e. The van der Waals surface area contributed by atoms with Gasteiger partial charge in [-0.2, -0.15) is 5.10 Å². The topological polar surface area (TPSA) is 72.2 Å². The van der Waals surface area contributed by atoms with E-state index in [9.17, 15) is 13.5 Å². The van der Waals surface area contributed by atoms with Gasteiger partial charge < -0.3 is 5.11 Å². The quantitative estimate of drug-likeness (QED) is 0.854. The van der Waals surface area contributed by atoms with Gasteiger partial charge in [-0.1, -0.05) is 11.6 Å². The van der Waals surface area contributed by atoms with Crippen LogP contribution in [0.3, 0.4) is 0 Å². The molecular weight excluding hydrogens is 264 g/mol. The summed E-state index contributed by atoms with van der Waals surface area (Å²) >= 11 is 6.07. The summed E-state index contributed by atoms with van der Waals surface area (Å²) in [5, 5.41) is 14.9. The summed E-state index contributed by atoms with van der Waals surface area (Å²) in [5.41, 5.74) is 0.264. The molecule has 0 radical (unpaired) electrons. The van der Waals surface area contributed by atoms with E-state index < -0.39 is 15.4 Å². The Morgan fingerprint density at radius 3 is 2.65 bits per heavy atom. The SMILES string of the molecule is Cc1nn(C)c(Cl)c1CC1(O)CCS(=O)(=O)C1. The zero-order valence-corrected chi connectivity index (χ0v) is 11.3. The molecule has 1 atom stereocenters. The maximum atomic E-state index is 11.4. The van der Waals surface area contributed by atoms with Crippen molar-refractivity contribution in [3.63, 3.8) is 0 Å². The van der Waals surface area contributed by atoms with Gasteiger partial charge in [-0.3, -0.25) is 4.68 Å². The molecule has 0 aromatic carbocycles. The van der Waals surface area contributed by atoms with Crippen molar-refractivity contribution in [1.82, 2.24) is 9.78 Å². The Morgan fingerprint density at radius 2 is 2.24 bits per heavy atom. The Morgan fingerprint density at radius 1 is 1.59 bits per heavy atom. The molecule has 96 valence electrons. The minimum atomic E-state index is -3.11. The van der Waals surface area contributed by atoms with Gasteiger partial charge in [0.25, 0.3) is 0 Å². The Labute approximate surface area is 105 Å². The van der Waals surface area contributed by atoms with Gasteiger partial charge in [-0.05, 0) is 13.3 Å². The number of hydrogen-bond acceptors (Lipinski definition) is 4. The lowest BCUT2D eigenvalue weighted by molar-refractivity contribution is 0.0680. The lowest BCUT2D eigenvalue weighted by Crippen LogP contribution is -2.32. The van der Waals surface area contributed by atoms with Crippen molar-refractivity contribution in [3.8, 4) is 0 Å². The number of aliphatic hydroxyl groups is 1. The fourth-order valence-corrected chi connectivity index (χ4v) is 4.38. The first-order chi connectivity index (χ1) is 7.72. The Hall–Kier alpha value is -0.590. The molecule has 1 N–H and O–H groups in total. The van der Waals surface area contributed by atoms with Crippen molar-refractivity contribution in [2.45, 2.75) is 25.4 Å². The van der Waals surface area contributed by atoms with Crippen molar-refractivity contribution in [3.05, 3.63) is 16.4 Å². The second kappa shape index (κ2) is 3.96. The smallest absolute Gasteiger partial charge is 0.153 e. The highest BCUT2D eigenvalue weighted by Gasteiger charge is 2.41. The number of aromatic nitrogens is 2. The average molecular weight is 279 g/mol. The predicted molar refractivity (Wildman–Crippen MR) is 64.9 cm³/mol. The van der Waals surface area contributed by atoms with E-state index in [-0.39, 0.29) is 24.3 Å². The largest absolute Gasteiger partial charge is 0.388 e. The summed E-state index contributed by atoms with van der Waals surface area (Å²) in [5.74, 6) is -0.148. The van der Waals surface area contributed by atoms with Crippen LogP contribution in [0.15, 0.2) is 0 Å². The van der Waals surface area contributed by atoms with Crippen LogP contribution < -0.4 is 0 Å². The first-order valence-electron chi connectivity index (χ1n) is 5.33. The molecule has 2 heterocycles. The van der Waals surface area contributed by atoms with Gasteiger partial charge in [0.05, 0.1) is 22.8 Å². The van der Waals surface area contributed by atoms with Crippen molar-refractivity contribution < 1.29 is 13.5 Å². The first kappa shape index (κ1) is 12.9. The molecule has 5 nitrogen and oxygen atoms in total. The molecule has 7 heteroatoms. The molecule has 0 saturated carbocycles.